The van der Waals surface area contributed by atoms with Crippen molar-refractivity contribution < 1.29 is 29.0 Å². The summed E-state index contributed by atoms with van der Waals surface area (Å²) in [6, 6.07) is -1.04. The predicted molar refractivity (Wildman–Crippen MR) is 82.6 cm³/mol. The van der Waals surface area contributed by atoms with E-state index in [2.05, 4.69) is 10.1 Å². The third-order valence-electron chi connectivity index (χ3n) is 2.97. The fraction of sp³-hybridized carbons (Fsp3) is 0.733. The van der Waals surface area contributed by atoms with Gasteiger partial charge in [-0.25, -0.2) is 4.79 Å². The lowest BCUT2D eigenvalue weighted by Gasteiger charge is -2.20. The number of rotatable bonds is 11. The van der Waals surface area contributed by atoms with Gasteiger partial charge in [0.05, 0.1) is 6.10 Å². The molecule has 8 heteroatoms. The molecule has 0 aliphatic rings. The summed E-state index contributed by atoms with van der Waals surface area (Å²) >= 11 is 0. The Kier molecular flexibility index (Phi) is 10.5. The molecule has 2 N–H and O–H groups in total. The highest BCUT2D eigenvalue weighted by Gasteiger charge is 2.26. The van der Waals surface area contributed by atoms with Gasteiger partial charge in [0.2, 0.25) is 11.7 Å². The average molecular weight is 327 g/mol. The molecule has 0 aliphatic heterocycles. The fourth-order valence-electron chi connectivity index (χ4n) is 1.78. The summed E-state index contributed by atoms with van der Waals surface area (Å²) in [6.07, 6.45) is 0.836. The number of nitrogens with zero attached hydrogens (tertiary/aromatic N) is 2. The van der Waals surface area contributed by atoms with Crippen LogP contribution in [0.4, 0.5) is 0 Å². The van der Waals surface area contributed by atoms with Crippen LogP contribution in [0.15, 0.2) is 0 Å². The minimum Gasteiger partial charge on any atom is -0.461 e. The largest absolute Gasteiger partial charge is 0.461 e. The molecule has 0 heterocycles. The number of aliphatic hydroxyl groups excluding tert-OH is 1. The van der Waals surface area contributed by atoms with Crippen molar-refractivity contribution in [1.29, 1.82) is 0 Å². The molecule has 23 heavy (non-hydrogen) atoms. The minimum atomic E-state index is -1.21. The molecule has 0 bridgehead atoms. The second-order valence-corrected chi connectivity index (χ2v) is 5.45. The number of nitrogens with one attached hydrogen (secondary N) is 1. The molecule has 2 atom stereocenters. The molecule has 0 saturated heterocycles. The lowest BCUT2D eigenvalue weighted by atomic mass is 10.1. The number of ketones is 1. The number of hydrogen-bond donors (Lipinski definition) is 2. The van der Waals surface area contributed by atoms with Gasteiger partial charge < -0.3 is 20.7 Å². The Labute approximate surface area is 135 Å². The maximum absolute atomic E-state index is 12.0. The maximum Gasteiger partial charge on any atom is 0.328 e. The molecule has 0 aliphatic carbocycles. The van der Waals surface area contributed by atoms with E-state index in [-0.39, 0.29) is 18.9 Å². The third-order valence-corrected chi connectivity index (χ3v) is 2.97. The number of Topliss-reactive ketones (excluding diaryl/α,β-unsaturated/α-hetero) is 1. The van der Waals surface area contributed by atoms with Gasteiger partial charge >= 0.3 is 12.2 Å². The highest BCUT2D eigenvalue weighted by molar-refractivity contribution is 6.25. The van der Waals surface area contributed by atoms with Crippen molar-refractivity contribution in [2.75, 3.05) is 0 Å². The molecule has 0 aromatic heterocycles. The van der Waals surface area contributed by atoms with E-state index < -0.39 is 29.8 Å². The van der Waals surface area contributed by atoms with Crippen molar-refractivity contribution in [2.24, 2.45) is 0 Å². The molecule has 8 nitrogen and oxygen atoms in total. The van der Waals surface area contributed by atoms with E-state index in [0.29, 0.717) is 12.8 Å². The Morgan fingerprint density at radius 1 is 1.30 bits per heavy atom. The lowest BCUT2D eigenvalue weighted by molar-refractivity contribution is -0.152. The van der Waals surface area contributed by atoms with Crippen LogP contribution in [-0.4, -0.2) is 52.0 Å². The zero-order chi connectivity index (χ0) is 17.8. The number of unbranched alkanes of at least 4 members (excludes halogenated alkanes) is 1. The first-order chi connectivity index (χ1) is 10.8. The van der Waals surface area contributed by atoms with E-state index in [0.717, 1.165) is 12.6 Å². The second kappa shape index (κ2) is 11.5. The summed E-state index contributed by atoms with van der Waals surface area (Å²) in [5, 5.41) is 12.1. The van der Waals surface area contributed by atoms with Crippen LogP contribution in [0.5, 0.6) is 0 Å². The van der Waals surface area contributed by atoms with Gasteiger partial charge in [-0.3, -0.25) is 9.59 Å². The first kappa shape index (κ1) is 20.9. The lowest BCUT2D eigenvalue weighted by Crippen LogP contribution is -2.46. The Hall–Kier alpha value is -2.05. The number of esters is 1. The summed E-state index contributed by atoms with van der Waals surface area (Å²) in [7, 11) is 0. The van der Waals surface area contributed by atoms with E-state index in [9.17, 15) is 19.5 Å². The van der Waals surface area contributed by atoms with Crippen molar-refractivity contribution in [2.45, 2.75) is 71.1 Å². The molecule has 0 saturated carbocycles. The van der Waals surface area contributed by atoms with Gasteiger partial charge in [-0.15, -0.1) is 0 Å². The average Bonchev–Trinajstić information content (AvgIpc) is 2.48. The van der Waals surface area contributed by atoms with E-state index in [1.165, 1.54) is 0 Å². The molecule has 0 aromatic carbocycles. The number of carbonyl (C=O) groups excluding carboxylic acids is 3. The number of amides is 1. The second-order valence-electron chi connectivity index (χ2n) is 5.45. The molecule has 0 radical (unpaired) electrons. The molecule has 0 rings (SSSR count). The Balaban J connectivity index is 4.76. The van der Waals surface area contributed by atoms with Gasteiger partial charge in [0, 0.05) is 6.42 Å². The van der Waals surface area contributed by atoms with Gasteiger partial charge in [0.1, 0.15) is 12.1 Å². The molecule has 130 valence electrons. The van der Waals surface area contributed by atoms with Crippen LogP contribution in [0.2, 0.25) is 0 Å². The molecular formula is C15H25N3O5. The molecule has 0 spiro atoms. The van der Waals surface area contributed by atoms with E-state index >= 15 is 0 Å². The normalized spacial score (nSPS) is 12.9. The van der Waals surface area contributed by atoms with Gasteiger partial charge in [-0.1, -0.05) is 19.8 Å². The summed E-state index contributed by atoms with van der Waals surface area (Å²) in [6.45, 7) is 5.26. The van der Waals surface area contributed by atoms with Gasteiger partial charge in [-0.2, -0.15) is 4.79 Å². The highest BCUT2D eigenvalue weighted by atomic mass is 16.5. The molecular weight excluding hydrogens is 302 g/mol. The van der Waals surface area contributed by atoms with Crippen molar-refractivity contribution >= 4 is 23.9 Å². The quantitative estimate of drug-likeness (QED) is 0.249. The monoisotopic (exact) mass is 327 g/mol. The summed E-state index contributed by atoms with van der Waals surface area (Å²) in [5.41, 5.74) is 8.28. The van der Waals surface area contributed by atoms with Crippen molar-refractivity contribution in [3.8, 4) is 0 Å². The van der Waals surface area contributed by atoms with Crippen LogP contribution in [0.3, 0.4) is 0 Å². The Morgan fingerprint density at radius 3 is 2.48 bits per heavy atom. The molecule has 0 unspecified atom stereocenters. The van der Waals surface area contributed by atoms with Crippen LogP contribution < -0.4 is 5.32 Å². The number of hydrogen-bond acceptors (Lipinski definition) is 5. The van der Waals surface area contributed by atoms with Crippen molar-refractivity contribution in [3.63, 3.8) is 0 Å². The van der Waals surface area contributed by atoms with Gasteiger partial charge in [0.15, 0.2) is 0 Å². The number of carbonyl (C=O) groups is 3. The van der Waals surface area contributed by atoms with Crippen molar-refractivity contribution in [1.82, 2.24) is 5.32 Å². The Bertz CT molecular complexity index is 458. The van der Waals surface area contributed by atoms with Gasteiger partial charge in [-0.05, 0) is 26.7 Å². The smallest absolute Gasteiger partial charge is 0.328 e. The summed E-state index contributed by atoms with van der Waals surface area (Å²) in [4.78, 5) is 37.8. The molecule has 1 amide bonds. The van der Waals surface area contributed by atoms with E-state index in [4.69, 9.17) is 10.3 Å². The van der Waals surface area contributed by atoms with E-state index in [1.807, 2.05) is 6.92 Å². The minimum absolute atomic E-state index is 0.0113. The van der Waals surface area contributed by atoms with Crippen LogP contribution in [0, 0.1) is 0 Å². The first-order valence-electron chi connectivity index (χ1n) is 7.71. The maximum atomic E-state index is 12.0. The van der Waals surface area contributed by atoms with Gasteiger partial charge in [0.25, 0.3) is 0 Å². The summed E-state index contributed by atoms with van der Waals surface area (Å²) < 4.78 is 5.04. The van der Waals surface area contributed by atoms with Crippen LogP contribution in [-0.2, 0) is 19.1 Å². The predicted octanol–water partition coefficient (Wildman–Crippen LogP) is 0.624. The van der Waals surface area contributed by atoms with E-state index in [1.54, 1.807) is 13.8 Å². The standard InChI is InChI=1S/C15H25N3O5/c1-4-5-6-13(20)14(21)18-12(15(22)23-10(2)3)8-7-11(19)9-17-16/h9-10,12-13,20H,4-8H2,1-3H3,(H,18,21)/t12-,13-/m0/s1. The topological polar surface area (TPSA) is 129 Å². The fourth-order valence-corrected chi connectivity index (χ4v) is 1.78. The molecule has 0 aromatic rings. The van der Waals surface area contributed by atoms with Crippen molar-refractivity contribution in [3.05, 3.63) is 5.53 Å². The van der Waals surface area contributed by atoms with Crippen LogP contribution in [0.25, 0.3) is 5.53 Å². The third kappa shape index (κ3) is 9.55. The molecule has 0 fully saturated rings. The summed E-state index contributed by atoms with van der Waals surface area (Å²) in [5.74, 6) is -1.84. The Morgan fingerprint density at radius 2 is 1.96 bits per heavy atom. The number of aliphatic hydroxyl groups is 1. The SMILES string of the molecule is CCCC[C@H](O)C(=O)N[C@@H](CCC(=O)C=[N+]=[N-])C(=O)OC(C)C. The van der Waals surface area contributed by atoms with Crippen LogP contribution >= 0.6 is 0 Å². The van der Waals surface area contributed by atoms with Crippen LogP contribution in [0.1, 0.15) is 52.9 Å². The highest BCUT2D eigenvalue weighted by Crippen LogP contribution is 2.06. The zero-order valence-corrected chi connectivity index (χ0v) is 13.8. The zero-order valence-electron chi connectivity index (χ0n) is 13.8. The number of ether oxygens (including phenoxy) is 1. The first-order valence-corrected chi connectivity index (χ1v) is 7.71.